The number of amides is 1. The summed E-state index contributed by atoms with van der Waals surface area (Å²) >= 11 is 0. The Morgan fingerprint density at radius 2 is 2.00 bits per heavy atom. The highest BCUT2D eigenvalue weighted by Crippen LogP contribution is 2.27. The first-order valence-electron chi connectivity index (χ1n) is 7.58. The van der Waals surface area contributed by atoms with E-state index in [0.717, 1.165) is 6.54 Å². The minimum atomic E-state index is -0.224. The van der Waals surface area contributed by atoms with Crippen LogP contribution in [0.5, 0.6) is 0 Å². The van der Waals surface area contributed by atoms with E-state index in [1.54, 1.807) is 18.5 Å². The zero-order chi connectivity index (χ0) is 15.6. The highest BCUT2D eigenvalue weighted by molar-refractivity contribution is 5.94. The molecule has 2 aromatic rings. The molecule has 3 rings (SSSR count). The van der Waals surface area contributed by atoms with E-state index in [2.05, 4.69) is 36.3 Å². The van der Waals surface area contributed by atoms with E-state index >= 15 is 0 Å². The highest BCUT2D eigenvalue weighted by atomic mass is 16.2. The van der Waals surface area contributed by atoms with Crippen molar-refractivity contribution in [3.8, 4) is 0 Å². The normalized spacial score (nSPS) is 20.6. The number of hydrogen-bond donors (Lipinski definition) is 1. The van der Waals surface area contributed by atoms with Crippen LogP contribution in [0.25, 0.3) is 0 Å². The first-order valence-corrected chi connectivity index (χ1v) is 7.58. The lowest BCUT2D eigenvalue weighted by Crippen LogP contribution is -2.60. The minimum Gasteiger partial charge on any atom is -0.330 e. The monoisotopic (exact) mass is 295 g/mol. The van der Waals surface area contributed by atoms with Crippen LogP contribution < -0.4 is 5.32 Å². The summed E-state index contributed by atoms with van der Waals surface area (Å²) in [6.07, 6.45) is 3.32. The number of carbonyl (C=O) groups is 1. The highest BCUT2D eigenvalue weighted by Gasteiger charge is 2.37. The molecular formula is C18H21N3O. The Kier molecular flexibility index (Phi) is 3.94. The fourth-order valence-electron chi connectivity index (χ4n) is 2.87. The molecule has 1 aromatic heterocycles. The summed E-state index contributed by atoms with van der Waals surface area (Å²) in [5.74, 6) is 0.0422. The van der Waals surface area contributed by atoms with Crippen LogP contribution in [0.15, 0.2) is 54.9 Å². The van der Waals surface area contributed by atoms with Crippen LogP contribution in [0.4, 0.5) is 0 Å². The number of carbonyl (C=O) groups excluding carboxylic acids is 1. The number of nitrogens with zero attached hydrogens (tertiary/aromatic N) is 2. The fraction of sp³-hybridized carbons (Fsp3) is 0.333. The molecule has 1 N–H and O–H groups in total. The van der Waals surface area contributed by atoms with E-state index in [4.69, 9.17) is 0 Å². The lowest BCUT2D eigenvalue weighted by molar-refractivity contribution is 0.0395. The van der Waals surface area contributed by atoms with Crippen molar-refractivity contribution < 1.29 is 4.79 Å². The van der Waals surface area contributed by atoms with Crippen molar-refractivity contribution in [3.63, 3.8) is 0 Å². The summed E-state index contributed by atoms with van der Waals surface area (Å²) < 4.78 is 0. The molecule has 0 aliphatic carbocycles. The predicted octanol–water partition coefficient (Wildman–Crippen LogP) is 2.65. The molecule has 4 nitrogen and oxygen atoms in total. The second-order valence-corrected chi connectivity index (χ2v) is 6.31. The number of benzene rings is 1. The van der Waals surface area contributed by atoms with Crippen LogP contribution in [0.1, 0.15) is 35.8 Å². The minimum absolute atomic E-state index is 0.0422. The molecule has 2 heterocycles. The predicted molar refractivity (Wildman–Crippen MR) is 86.5 cm³/mol. The summed E-state index contributed by atoms with van der Waals surface area (Å²) in [4.78, 5) is 18.9. The van der Waals surface area contributed by atoms with Crippen molar-refractivity contribution in [1.82, 2.24) is 15.2 Å². The molecule has 1 aromatic carbocycles. The second-order valence-electron chi connectivity index (χ2n) is 6.31. The van der Waals surface area contributed by atoms with Crippen molar-refractivity contribution in [2.45, 2.75) is 25.4 Å². The summed E-state index contributed by atoms with van der Waals surface area (Å²) in [6.45, 7) is 5.61. The Bertz CT molecular complexity index is 640. The van der Waals surface area contributed by atoms with Crippen molar-refractivity contribution in [1.29, 1.82) is 0 Å². The Morgan fingerprint density at radius 3 is 2.68 bits per heavy atom. The second kappa shape index (κ2) is 5.89. The van der Waals surface area contributed by atoms with E-state index in [-0.39, 0.29) is 17.5 Å². The molecule has 1 amide bonds. The summed E-state index contributed by atoms with van der Waals surface area (Å²) in [6, 6.07) is 14.1. The van der Waals surface area contributed by atoms with Gasteiger partial charge in [0.2, 0.25) is 0 Å². The smallest absolute Gasteiger partial charge is 0.255 e. The van der Waals surface area contributed by atoms with Gasteiger partial charge in [-0.2, -0.15) is 0 Å². The zero-order valence-corrected chi connectivity index (χ0v) is 13.0. The Balaban J connectivity index is 1.86. The van der Waals surface area contributed by atoms with Gasteiger partial charge in [-0.05, 0) is 31.5 Å². The van der Waals surface area contributed by atoms with Crippen LogP contribution in [0.2, 0.25) is 0 Å². The van der Waals surface area contributed by atoms with Crippen LogP contribution >= 0.6 is 0 Å². The summed E-state index contributed by atoms with van der Waals surface area (Å²) in [7, 11) is 0. The molecule has 0 spiro atoms. The van der Waals surface area contributed by atoms with Crippen LogP contribution in [0, 0.1) is 0 Å². The first-order chi connectivity index (χ1) is 10.6. The van der Waals surface area contributed by atoms with Crippen LogP contribution in [-0.4, -0.2) is 34.4 Å². The van der Waals surface area contributed by atoms with Gasteiger partial charge in [-0.15, -0.1) is 0 Å². The molecule has 22 heavy (non-hydrogen) atoms. The van der Waals surface area contributed by atoms with Crippen molar-refractivity contribution in [3.05, 3.63) is 66.0 Å². The van der Waals surface area contributed by atoms with E-state index < -0.39 is 0 Å². The lowest BCUT2D eigenvalue weighted by atomic mass is 9.93. The Labute approximate surface area is 131 Å². The van der Waals surface area contributed by atoms with Gasteiger partial charge in [-0.3, -0.25) is 9.78 Å². The average Bonchev–Trinajstić information content (AvgIpc) is 2.56. The maximum Gasteiger partial charge on any atom is 0.255 e. The maximum atomic E-state index is 12.9. The number of aromatic nitrogens is 1. The van der Waals surface area contributed by atoms with E-state index in [1.165, 1.54) is 5.56 Å². The standard InChI is InChI=1S/C18H21N3O/c1-18(2)13-20-16(14-7-4-3-5-8-14)12-21(18)17(22)15-9-6-10-19-11-15/h3-11,16,20H,12-13H2,1-2H3. The molecular weight excluding hydrogens is 274 g/mol. The average molecular weight is 295 g/mol. The van der Waals surface area contributed by atoms with Crippen molar-refractivity contribution in [2.75, 3.05) is 13.1 Å². The van der Waals surface area contributed by atoms with Gasteiger partial charge in [0.1, 0.15) is 0 Å². The molecule has 0 bridgehead atoms. The molecule has 114 valence electrons. The first kappa shape index (κ1) is 14.7. The third-order valence-corrected chi connectivity index (χ3v) is 4.23. The zero-order valence-electron chi connectivity index (χ0n) is 13.0. The third kappa shape index (κ3) is 2.88. The third-order valence-electron chi connectivity index (χ3n) is 4.23. The number of nitrogens with one attached hydrogen (secondary N) is 1. The lowest BCUT2D eigenvalue weighted by Gasteiger charge is -2.46. The van der Waals surface area contributed by atoms with Crippen molar-refractivity contribution in [2.24, 2.45) is 0 Å². The van der Waals surface area contributed by atoms with Gasteiger partial charge in [0.05, 0.1) is 11.1 Å². The van der Waals surface area contributed by atoms with E-state index in [1.807, 2.05) is 29.2 Å². The van der Waals surface area contributed by atoms with E-state index in [9.17, 15) is 4.79 Å². The largest absolute Gasteiger partial charge is 0.330 e. The molecule has 1 saturated heterocycles. The van der Waals surface area contributed by atoms with Crippen molar-refractivity contribution >= 4 is 5.91 Å². The molecule has 1 fully saturated rings. The topological polar surface area (TPSA) is 45.2 Å². The van der Waals surface area contributed by atoms with Gasteiger partial charge >= 0.3 is 0 Å². The molecule has 0 radical (unpaired) electrons. The van der Waals surface area contributed by atoms with Gasteiger partial charge in [0, 0.05) is 31.5 Å². The Hall–Kier alpha value is -2.20. The number of rotatable bonds is 2. The van der Waals surface area contributed by atoms with E-state index in [0.29, 0.717) is 12.1 Å². The van der Waals surface area contributed by atoms with Gasteiger partial charge in [0.15, 0.2) is 0 Å². The Morgan fingerprint density at radius 1 is 1.23 bits per heavy atom. The van der Waals surface area contributed by atoms with Gasteiger partial charge in [-0.1, -0.05) is 30.3 Å². The summed E-state index contributed by atoms with van der Waals surface area (Å²) in [5.41, 5.74) is 1.63. The van der Waals surface area contributed by atoms with Gasteiger partial charge in [0.25, 0.3) is 5.91 Å². The quantitative estimate of drug-likeness (QED) is 0.926. The maximum absolute atomic E-state index is 12.9. The molecule has 1 aliphatic heterocycles. The van der Waals surface area contributed by atoms with Gasteiger partial charge in [-0.25, -0.2) is 0 Å². The SMILES string of the molecule is CC1(C)CNC(c2ccccc2)CN1C(=O)c1cccnc1. The molecule has 1 aliphatic rings. The number of pyridine rings is 1. The summed E-state index contributed by atoms with van der Waals surface area (Å²) in [5, 5.41) is 3.55. The number of piperazine rings is 1. The molecule has 4 heteroatoms. The van der Waals surface area contributed by atoms with Crippen LogP contribution in [0.3, 0.4) is 0 Å². The van der Waals surface area contributed by atoms with Gasteiger partial charge < -0.3 is 10.2 Å². The fourth-order valence-corrected chi connectivity index (χ4v) is 2.87. The van der Waals surface area contributed by atoms with Crippen LogP contribution in [-0.2, 0) is 0 Å². The molecule has 1 atom stereocenters. The molecule has 1 unspecified atom stereocenters. The number of hydrogen-bond acceptors (Lipinski definition) is 3. The molecule has 0 saturated carbocycles.